The van der Waals surface area contributed by atoms with E-state index in [2.05, 4.69) is 10.1 Å². The number of nitrogens with one attached hydrogen (secondary N) is 1. The number of benzene rings is 1. The summed E-state index contributed by atoms with van der Waals surface area (Å²) in [4.78, 5) is 11.4. The summed E-state index contributed by atoms with van der Waals surface area (Å²) in [6.07, 6.45) is 0.803. The van der Waals surface area contributed by atoms with Crippen molar-refractivity contribution in [2.45, 2.75) is 39.5 Å². The maximum absolute atomic E-state index is 12.4. The molecule has 5 nitrogen and oxygen atoms in total. The van der Waals surface area contributed by atoms with E-state index in [1.54, 1.807) is 12.1 Å². The highest BCUT2D eigenvalue weighted by molar-refractivity contribution is 5.81. The summed E-state index contributed by atoms with van der Waals surface area (Å²) in [7, 11) is 0. The Morgan fingerprint density at radius 2 is 2.14 bits per heavy atom. The van der Waals surface area contributed by atoms with Gasteiger partial charge in [-0.05, 0) is 25.5 Å². The van der Waals surface area contributed by atoms with Gasteiger partial charge in [0, 0.05) is 18.2 Å². The quantitative estimate of drug-likeness (QED) is 0.770. The number of rotatable bonds is 8. The van der Waals surface area contributed by atoms with Crippen molar-refractivity contribution in [1.29, 1.82) is 0 Å². The van der Waals surface area contributed by atoms with Gasteiger partial charge < -0.3 is 20.5 Å². The molecular weight excluding hydrogens is 282 g/mol. The fourth-order valence-corrected chi connectivity index (χ4v) is 1.54. The summed E-state index contributed by atoms with van der Waals surface area (Å²) in [5, 5.41) is 2.55. The van der Waals surface area contributed by atoms with E-state index in [0.29, 0.717) is 17.9 Å². The van der Waals surface area contributed by atoms with Crippen molar-refractivity contribution < 1.29 is 23.0 Å². The molecule has 0 spiro atoms. The first-order valence-electron chi connectivity index (χ1n) is 6.67. The number of carbonyl (C=O) groups excluding carboxylic acids is 1. The molecule has 0 heterocycles. The number of carbonyl (C=O) groups is 1. The molecule has 0 unspecified atom stereocenters. The van der Waals surface area contributed by atoms with Gasteiger partial charge in [-0.15, -0.1) is 0 Å². The summed E-state index contributed by atoms with van der Waals surface area (Å²) < 4.78 is 34.7. The van der Waals surface area contributed by atoms with Crippen molar-refractivity contribution in [2.75, 3.05) is 6.61 Å². The van der Waals surface area contributed by atoms with E-state index in [0.717, 1.165) is 6.42 Å². The first-order valence-corrected chi connectivity index (χ1v) is 6.67. The molecule has 0 aromatic heterocycles. The maximum atomic E-state index is 12.4. The van der Waals surface area contributed by atoms with Crippen LogP contribution in [-0.2, 0) is 11.3 Å². The highest BCUT2D eigenvalue weighted by atomic mass is 19.3. The maximum Gasteiger partial charge on any atom is 0.387 e. The standard InChI is InChI=1S/C14H20F2N2O3/c1-3-6-20-11-5-4-10(8-18-13(19)9(2)17)12(7-11)21-14(15)16/h4-5,7,9,14H,3,6,8,17H2,1-2H3,(H,18,19)/t9-/m0/s1. The summed E-state index contributed by atoms with van der Waals surface area (Å²) >= 11 is 0. The minimum atomic E-state index is -2.95. The minimum Gasteiger partial charge on any atom is -0.493 e. The fourth-order valence-electron chi connectivity index (χ4n) is 1.54. The third-order valence-corrected chi connectivity index (χ3v) is 2.59. The molecule has 1 rings (SSSR count). The van der Waals surface area contributed by atoms with Crippen LogP contribution in [0.15, 0.2) is 18.2 Å². The highest BCUT2D eigenvalue weighted by Gasteiger charge is 2.13. The molecule has 1 amide bonds. The van der Waals surface area contributed by atoms with Crippen molar-refractivity contribution in [3.05, 3.63) is 23.8 Å². The number of nitrogens with two attached hydrogens (primary N) is 1. The molecule has 0 aliphatic rings. The molecular formula is C14H20F2N2O3. The Balaban J connectivity index is 2.82. The normalized spacial score (nSPS) is 12.1. The molecule has 7 heteroatoms. The van der Waals surface area contributed by atoms with E-state index in [1.807, 2.05) is 6.92 Å². The van der Waals surface area contributed by atoms with Gasteiger partial charge in [-0.2, -0.15) is 8.78 Å². The molecule has 1 aromatic carbocycles. The molecule has 0 saturated heterocycles. The van der Waals surface area contributed by atoms with Gasteiger partial charge in [0.2, 0.25) is 5.91 Å². The van der Waals surface area contributed by atoms with Crippen LogP contribution < -0.4 is 20.5 Å². The lowest BCUT2D eigenvalue weighted by Crippen LogP contribution is -2.37. The summed E-state index contributed by atoms with van der Waals surface area (Å²) in [6.45, 7) is 1.06. The van der Waals surface area contributed by atoms with Crippen LogP contribution in [0.1, 0.15) is 25.8 Å². The molecule has 0 radical (unpaired) electrons. The Hall–Kier alpha value is -1.89. The molecule has 0 bridgehead atoms. The SMILES string of the molecule is CCCOc1ccc(CNC(=O)[C@H](C)N)c(OC(F)F)c1. The van der Waals surface area contributed by atoms with Crippen LogP contribution in [0.2, 0.25) is 0 Å². The molecule has 1 aromatic rings. The first-order chi connectivity index (χ1) is 9.93. The van der Waals surface area contributed by atoms with Crippen LogP contribution >= 0.6 is 0 Å². The number of hydrogen-bond donors (Lipinski definition) is 2. The van der Waals surface area contributed by atoms with Gasteiger partial charge in [0.15, 0.2) is 0 Å². The van der Waals surface area contributed by atoms with Crippen LogP contribution in [0.4, 0.5) is 8.78 Å². The third kappa shape index (κ3) is 5.95. The van der Waals surface area contributed by atoms with E-state index in [-0.39, 0.29) is 18.2 Å². The van der Waals surface area contributed by atoms with Gasteiger partial charge in [0.1, 0.15) is 11.5 Å². The van der Waals surface area contributed by atoms with E-state index in [1.165, 1.54) is 13.0 Å². The van der Waals surface area contributed by atoms with Crippen molar-refractivity contribution in [1.82, 2.24) is 5.32 Å². The average molecular weight is 302 g/mol. The molecule has 0 aliphatic carbocycles. The Morgan fingerprint density at radius 3 is 2.71 bits per heavy atom. The number of halogens is 2. The number of alkyl halides is 2. The zero-order valence-corrected chi connectivity index (χ0v) is 12.1. The second kappa shape index (κ2) is 8.41. The Labute approximate surface area is 122 Å². The lowest BCUT2D eigenvalue weighted by atomic mass is 10.2. The van der Waals surface area contributed by atoms with Crippen LogP contribution in [0.25, 0.3) is 0 Å². The van der Waals surface area contributed by atoms with Gasteiger partial charge in [-0.3, -0.25) is 4.79 Å². The Morgan fingerprint density at radius 1 is 1.43 bits per heavy atom. The largest absolute Gasteiger partial charge is 0.493 e. The first kappa shape index (κ1) is 17.2. The van der Waals surface area contributed by atoms with Gasteiger partial charge >= 0.3 is 6.61 Å². The highest BCUT2D eigenvalue weighted by Crippen LogP contribution is 2.26. The lowest BCUT2D eigenvalue weighted by Gasteiger charge is -2.14. The van der Waals surface area contributed by atoms with Crippen molar-refractivity contribution in [3.63, 3.8) is 0 Å². The topological polar surface area (TPSA) is 73.6 Å². The van der Waals surface area contributed by atoms with Crippen molar-refractivity contribution in [2.24, 2.45) is 5.73 Å². The predicted molar refractivity (Wildman–Crippen MR) is 74.4 cm³/mol. The second-order valence-corrected chi connectivity index (χ2v) is 4.50. The predicted octanol–water partition coefficient (Wildman–Crippen LogP) is 2.04. The monoisotopic (exact) mass is 302 g/mol. The molecule has 0 aliphatic heterocycles. The van der Waals surface area contributed by atoms with Gasteiger partial charge in [-0.1, -0.05) is 6.92 Å². The zero-order valence-electron chi connectivity index (χ0n) is 12.1. The summed E-state index contributed by atoms with van der Waals surface area (Å²) in [5.41, 5.74) is 5.84. The third-order valence-electron chi connectivity index (χ3n) is 2.59. The second-order valence-electron chi connectivity index (χ2n) is 4.50. The van der Waals surface area contributed by atoms with E-state index < -0.39 is 12.7 Å². The molecule has 118 valence electrons. The molecule has 0 fully saturated rings. The molecule has 1 atom stereocenters. The van der Waals surface area contributed by atoms with Crippen LogP contribution in [-0.4, -0.2) is 25.2 Å². The molecule has 3 N–H and O–H groups in total. The summed E-state index contributed by atoms with van der Waals surface area (Å²) in [6, 6.07) is 3.93. The fraction of sp³-hybridized carbons (Fsp3) is 0.500. The Kier molecular flexibility index (Phi) is 6.87. The van der Waals surface area contributed by atoms with Crippen LogP contribution in [0.5, 0.6) is 11.5 Å². The Bertz CT molecular complexity index is 468. The van der Waals surface area contributed by atoms with Crippen molar-refractivity contribution >= 4 is 5.91 Å². The smallest absolute Gasteiger partial charge is 0.387 e. The van der Waals surface area contributed by atoms with Gasteiger partial charge in [0.05, 0.1) is 12.6 Å². The van der Waals surface area contributed by atoms with Crippen LogP contribution in [0.3, 0.4) is 0 Å². The minimum absolute atomic E-state index is 0.0245. The summed E-state index contributed by atoms with van der Waals surface area (Å²) in [5.74, 6) is 0.0441. The molecule has 0 saturated carbocycles. The van der Waals surface area contributed by atoms with E-state index in [4.69, 9.17) is 10.5 Å². The number of hydrogen-bond acceptors (Lipinski definition) is 4. The average Bonchev–Trinajstić information content (AvgIpc) is 2.42. The van der Waals surface area contributed by atoms with Crippen LogP contribution in [0, 0.1) is 0 Å². The van der Waals surface area contributed by atoms with Crippen molar-refractivity contribution in [3.8, 4) is 11.5 Å². The number of amides is 1. The van der Waals surface area contributed by atoms with Gasteiger partial charge in [-0.25, -0.2) is 0 Å². The zero-order chi connectivity index (χ0) is 15.8. The van der Waals surface area contributed by atoms with E-state index >= 15 is 0 Å². The number of ether oxygens (including phenoxy) is 2. The van der Waals surface area contributed by atoms with E-state index in [9.17, 15) is 13.6 Å². The lowest BCUT2D eigenvalue weighted by molar-refractivity contribution is -0.122. The van der Waals surface area contributed by atoms with Gasteiger partial charge in [0.25, 0.3) is 0 Å². The molecule has 21 heavy (non-hydrogen) atoms.